The lowest BCUT2D eigenvalue weighted by atomic mass is 10.2. The predicted molar refractivity (Wildman–Crippen MR) is 103 cm³/mol. The summed E-state index contributed by atoms with van der Waals surface area (Å²) in [5.74, 6) is 0.763. The zero-order valence-corrected chi connectivity index (χ0v) is 15.7. The van der Waals surface area contributed by atoms with Gasteiger partial charge in [-0.25, -0.2) is 4.68 Å². The Morgan fingerprint density at radius 3 is 2.67 bits per heavy atom. The van der Waals surface area contributed by atoms with Crippen LogP contribution in [0.1, 0.15) is 5.56 Å². The second kappa shape index (κ2) is 8.68. The van der Waals surface area contributed by atoms with E-state index in [-0.39, 0.29) is 11.5 Å². The number of aryl methyl sites for hydroxylation is 1. The minimum absolute atomic E-state index is 0.00963. The molecule has 0 atom stereocenters. The van der Waals surface area contributed by atoms with Crippen LogP contribution in [0.3, 0.4) is 0 Å². The number of ether oxygens (including phenoxy) is 1. The molecule has 144 valence electrons. The molecule has 0 radical (unpaired) electrons. The van der Waals surface area contributed by atoms with Crippen LogP contribution in [-0.2, 0) is 18.4 Å². The standard InChI is InChI=1S/C19H25N5O3/c1-22-19(26)11-16(13-21-22)24-9-7-23(8-10-24)14-18(25)20-12-15-5-3-4-6-17(15)27-2/h3-6,11,13H,7-10,12,14H2,1-2H3,(H,20,25). The van der Waals surface area contributed by atoms with E-state index >= 15 is 0 Å². The number of nitrogens with one attached hydrogen (secondary N) is 1. The molecule has 2 heterocycles. The van der Waals surface area contributed by atoms with E-state index in [9.17, 15) is 9.59 Å². The normalized spacial score (nSPS) is 14.8. The number of methoxy groups -OCH3 is 1. The van der Waals surface area contributed by atoms with Gasteiger partial charge in [0.15, 0.2) is 0 Å². The minimum atomic E-state index is -0.120. The zero-order valence-electron chi connectivity index (χ0n) is 15.7. The topological polar surface area (TPSA) is 79.7 Å². The first-order valence-corrected chi connectivity index (χ1v) is 8.96. The zero-order chi connectivity index (χ0) is 19.2. The van der Waals surface area contributed by atoms with Crippen LogP contribution < -0.4 is 20.5 Å². The van der Waals surface area contributed by atoms with Gasteiger partial charge >= 0.3 is 0 Å². The van der Waals surface area contributed by atoms with Gasteiger partial charge in [0.1, 0.15) is 5.75 Å². The maximum atomic E-state index is 12.3. The number of aromatic nitrogens is 2. The number of carbonyl (C=O) groups excluding carboxylic acids is 1. The lowest BCUT2D eigenvalue weighted by Crippen LogP contribution is -2.49. The Labute approximate surface area is 158 Å². The monoisotopic (exact) mass is 371 g/mol. The maximum absolute atomic E-state index is 12.3. The Kier molecular flexibility index (Phi) is 6.08. The SMILES string of the molecule is COc1ccccc1CNC(=O)CN1CCN(c2cnn(C)c(=O)c2)CC1. The van der Waals surface area contributed by atoms with Gasteiger partial charge in [0.2, 0.25) is 5.91 Å². The highest BCUT2D eigenvalue weighted by atomic mass is 16.5. The summed E-state index contributed by atoms with van der Waals surface area (Å²) in [5.41, 5.74) is 1.67. The number of benzene rings is 1. The van der Waals surface area contributed by atoms with Crippen LogP contribution >= 0.6 is 0 Å². The first-order chi connectivity index (χ1) is 13.1. The van der Waals surface area contributed by atoms with E-state index in [2.05, 4.69) is 20.2 Å². The molecule has 1 N–H and O–H groups in total. The van der Waals surface area contributed by atoms with Crippen molar-refractivity contribution in [2.75, 3.05) is 44.7 Å². The molecular weight excluding hydrogens is 346 g/mol. The molecule has 8 heteroatoms. The number of nitrogens with zero attached hydrogens (tertiary/aromatic N) is 4. The van der Waals surface area contributed by atoms with E-state index in [0.717, 1.165) is 43.2 Å². The number of rotatable bonds is 6. The second-order valence-corrected chi connectivity index (χ2v) is 6.53. The molecule has 0 spiro atoms. The number of carbonyl (C=O) groups is 1. The molecule has 8 nitrogen and oxygen atoms in total. The fourth-order valence-corrected chi connectivity index (χ4v) is 3.10. The molecule has 27 heavy (non-hydrogen) atoms. The molecule has 1 amide bonds. The second-order valence-electron chi connectivity index (χ2n) is 6.53. The highest BCUT2D eigenvalue weighted by molar-refractivity contribution is 5.78. The lowest BCUT2D eigenvalue weighted by molar-refractivity contribution is -0.122. The van der Waals surface area contributed by atoms with Gasteiger partial charge in [0.25, 0.3) is 5.56 Å². The van der Waals surface area contributed by atoms with Crippen molar-refractivity contribution in [3.8, 4) is 5.75 Å². The molecule has 1 aliphatic rings. The molecule has 1 saturated heterocycles. The van der Waals surface area contributed by atoms with Gasteiger partial charge in [-0.3, -0.25) is 14.5 Å². The molecular formula is C19H25N5O3. The molecule has 2 aromatic rings. The molecule has 1 fully saturated rings. The van der Waals surface area contributed by atoms with Crippen molar-refractivity contribution in [1.29, 1.82) is 0 Å². The van der Waals surface area contributed by atoms with Crippen LogP contribution in [0.2, 0.25) is 0 Å². The van der Waals surface area contributed by atoms with E-state index in [0.29, 0.717) is 13.1 Å². The maximum Gasteiger partial charge on any atom is 0.268 e. The Morgan fingerprint density at radius 1 is 1.22 bits per heavy atom. The van der Waals surface area contributed by atoms with Gasteiger partial charge in [0.05, 0.1) is 25.5 Å². The van der Waals surface area contributed by atoms with Crippen molar-refractivity contribution in [3.05, 3.63) is 52.4 Å². The summed E-state index contributed by atoms with van der Waals surface area (Å²) in [5, 5.41) is 7.01. The Hall–Kier alpha value is -2.87. The highest BCUT2D eigenvalue weighted by Gasteiger charge is 2.20. The first kappa shape index (κ1) is 18.9. The summed E-state index contributed by atoms with van der Waals surface area (Å²) in [6.07, 6.45) is 1.71. The summed E-state index contributed by atoms with van der Waals surface area (Å²) in [4.78, 5) is 28.2. The van der Waals surface area contributed by atoms with Crippen molar-refractivity contribution in [3.63, 3.8) is 0 Å². The van der Waals surface area contributed by atoms with Gasteiger partial charge in [-0.05, 0) is 6.07 Å². The average Bonchev–Trinajstić information content (AvgIpc) is 2.69. The highest BCUT2D eigenvalue weighted by Crippen LogP contribution is 2.16. The minimum Gasteiger partial charge on any atom is -0.496 e. The quantitative estimate of drug-likeness (QED) is 0.783. The molecule has 0 saturated carbocycles. The van der Waals surface area contributed by atoms with E-state index in [1.165, 1.54) is 4.68 Å². The van der Waals surface area contributed by atoms with Crippen molar-refractivity contribution in [1.82, 2.24) is 20.0 Å². The lowest BCUT2D eigenvalue weighted by Gasteiger charge is -2.35. The van der Waals surface area contributed by atoms with E-state index in [1.807, 2.05) is 24.3 Å². The Morgan fingerprint density at radius 2 is 1.96 bits per heavy atom. The van der Waals surface area contributed by atoms with Crippen molar-refractivity contribution >= 4 is 11.6 Å². The van der Waals surface area contributed by atoms with Gasteiger partial charge in [0, 0.05) is 51.4 Å². The van der Waals surface area contributed by atoms with Crippen molar-refractivity contribution in [2.24, 2.45) is 7.05 Å². The molecule has 1 aromatic heterocycles. The Balaban J connectivity index is 1.46. The van der Waals surface area contributed by atoms with E-state index in [4.69, 9.17) is 4.74 Å². The summed E-state index contributed by atoms with van der Waals surface area (Å²) in [6, 6.07) is 9.25. The van der Waals surface area contributed by atoms with Gasteiger partial charge in [-0.1, -0.05) is 18.2 Å². The van der Waals surface area contributed by atoms with Gasteiger partial charge in [-0.15, -0.1) is 0 Å². The number of hydrogen-bond donors (Lipinski definition) is 1. The predicted octanol–water partition coefficient (Wildman–Crippen LogP) is 0.227. The first-order valence-electron chi connectivity index (χ1n) is 8.96. The summed E-state index contributed by atoms with van der Waals surface area (Å²) in [6.45, 7) is 3.84. The summed E-state index contributed by atoms with van der Waals surface area (Å²) in [7, 11) is 3.26. The third kappa shape index (κ3) is 4.85. The molecule has 0 unspecified atom stereocenters. The van der Waals surface area contributed by atoms with Crippen LogP contribution in [-0.4, -0.2) is 60.4 Å². The van der Waals surface area contributed by atoms with Crippen molar-refractivity contribution in [2.45, 2.75) is 6.54 Å². The largest absolute Gasteiger partial charge is 0.496 e. The fraction of sp³-hybridized carbons (Fsp3) is 0.421. The number of anilines is 1. The molecule has 3 rings (SSSR count). The number of para-hydroxylation sites is 1. The third-order valence-electron chi connectivity index (χ3n) is 4.73. The fourth-order valence-electron chi connectivity index (χ4n) is 3.10. The molecule has 0 aliphatic carbocycles. The number of amides is 1. The van der Waals surface area contributed by atoms with Gasteiger partial charge < -0.3 is 15.0 Å². The average molecular weight is 371 g/mol. The molecule has 0 bridgehead atoms. The molecule has 1 aliphatic heterocycles. The summed E-state index contributed by atoms with van der Waals surface area (Å²) < 4.78 is 6.61. The third-order valence-corrected chi connectivity index (χ3v) is 4.73. The van der Waals surface area contributed by atoms with Crippen LogP contribution in [0.25, 0.3) is 0 Å². The van der Waals surface area contributed by atoms with Crippen LogP contribution in [0.4, 0.5) is 5.69 Å². The van der Waals surface area contributed by atoms with Crippen LogP contribution in [0, 0.1) is 0 Å². The van der Waals surface area contributed by atoms with Crippen LogP contribution in [0.15, 0.2) is 41.3 Å². The van der Waals surface area contributed by atoms with E-state index in [1.54, 1.807) is 26.4 Å². The van der Waals surface area contributed by atoms with Gasteiger partial charge in [-0.2, -0.15) is 5.10 Å². The number of piperazine rings is 1. The van der Waals surface area contributed by atoms with Crippen molar-refractivity contribution < 1.29 is 9.53 Å². The van der Waals surface area contributed by atoms with Crippen LogP contribution in [0.5, 0.6) is 5.75 Å². The van der Waals surface area contributed by atoms with E-state index < -0.39 is 0 Å². The number of hydrogen-bond acceptors (Lipinski definition) is 6. The Bertz CT molecular complexity index is 843. The smallest absolute Gasteiger partial charge is 0.268 e. The molecule has 1 aromatic carbocycles. The summed E-state index contributed by atoms with van der Waals surface area (Å²) >= 11 is 0.